The lowest BCUT2D eigenvalue weighted by atomic mass is 9.84. The molecule has 0 heterocycles. The number of hydrogen-bond acceptors (Lipinski definition) is 2. The van der Waals surface area contributed by atoms with E-state index in [-0.39, 0.29) is 16.7 Å². The van der Waals surface area contributed by atoms with Gasteiger partial charge in [0.15, 0.2) is 0 Å². The summed E-state index contributed by atoms with van der Waals surface area (Å²) in [5, 5.41) is 0. The van der Waals surface area contributed by atoms with Gasteiger partial charge in [0.1, 0.15) is 0 Å². The van der Waals surface area contributed by atoms with Gasteiger partial charge in [0.2, 0.25) is 0 Å². The Balaban J connectivity index is 3.02. The number of rotatable bonds is 2. The van der Waals surface area contributed by atoms with Crippen LogP contribution in [0.5, 0.6) is 0 Å². The van der Waals surface area contributed by atoms with Crippen molar-refractivity contribution in [3.05, 3.63) is 0 Å². The summed E-state index contributed by atoms with van der Waals surface area (Å²) in [6, 6.07) is 0.531. The Bertz CT molecular complexity index is 289. The van der Waals surface area contributed by atoms with Crippen molar-refractivity contribution in [1.82, 2.24) is 4.90 Å². The van der Waals surface area contributed by atoms with Gasteiger partial charge in [0.05, 0.1) is 11.7 Å². The molecule has 1 rings (SSSR count). The Hall–Kier alpha value is -0.0800. The van der Waals surface area contributed by atoms with Crippen molar-refractivity contribution in [3.63, 3.8) is 0 Å². The van der Waals surface area contributed by atoms with Crippen LogP contribution in [0.4, 0.5) is 0 Å². The first-order chi connectivity index (χ1) is 8.82. The monoisotopic (exact) mass is 283 g/mol. The molecule has 0 aliphatic heterocycles. The fourth-order valence-corrected chi connectivity index (χ4v) is 3.97. The van der Waals surface area contributed by atoms with Crippen LogP contribution in [0.25, 0.3) is 0 Å². The van der Waals surface area contributed by atoms with Crippen molar-refractivity contribution in [2.75, 3.05) is 0 Å². The normalized spacial score (nSPS) is 26.1. The highest BCUT2D eigenvalue weighted by Crippen LogP contribution is 2.36. The molecule has 0 N–H and O–H groups in total. The lowest BCUT2D eigenvalue weighted by Crippen LogP contribution is -2.62. The molecule has 0 saturated heterocycles. The second-order valence-electron chi connectivity index (χ2n) is 9.33. The second-order valence-corrected chi connectivity index (χ2v) is 9.33. The minimum atomic E-state index is -0.0539. The van der Waals surface area contributed by atoms with Gasteiger partial charge in [-0.15, -0.1) is 0 Å². The fourth-order valence-electron chi connectivity index (χ4n) is 3.97. The molecule has 1 aliphatic carbocycles. The smallest absolute Gasteiger partial charge is 0.0737 e. The van der Waals surface area contributed by atoms with Crippen molar-refractivity contribution in [2.45, 2.75) is 117 Å². The molecular formula is C18H37NO. The standard InChI is InChI=1S/C18H37NO/c1-16(2,3)19(17(4,5)6)14-12-10-11-13-15(14)20-18(7,8)9/h14-15H,10-13H2,1-9H3/t14-,15+/m0/s1. The topological polar surface area (TPSA) is 12.5 Å². The molecule has 1 aliphatic rings. The Morgan fingerprint density at radius 2 is 1.20 bits per heavy atom. The van der Waals surface area contributed by atoms with E-state index in [0.29, 0.717) is 12.1 Å². The second kappa shape index (κ2) is 5.96. The molecule has 1 saturated carbocycles. The fraction of sp³-hybridized carbons (Fsp3) is 1.00. The maximum Gasteiger partial charge on any atom is 0.0737 e. The van der Waals surface area contributed by atoms with Gasteiger partial charge in [-0.1, -0.05) is 12.8 Å². The van der Waals surface area contributed by atoms with E-state index >= 15 is 0 Å². The van der Waals surface area contributed by atoms with Crippen LogP contribution in [0, 0.1) is 0 Å². The van der Waals surface area contributed by atoms with Crippen molar-refractivity contribution in [1.29, 1.82) is 0 Å². The first-order valence-corrected chi connectivity index (χ1v) is 8.30. The molecule has 0 aromatic rings. The quantitative estimate of drug-likeness (QED) is 0.706. The van der Waals surface area contributed by atoms with E-state index in [1.807, 2.05) is 0 Å². The van der Waals surface area contributed by atoms with Crippen LogP contribution in [0.15, 0.2) is 0 Å². The van der Waals surface area contributed by atoms with Gasteiger partial charge in [-0.3, -0.25) is 4.90 Å². The zero-order valence-corrected chi connectivity index (χ0v) is 15.3. The predicted molar refractivity (Wildman–Crippen MR) is 88.2 cm³/mol. The van der Waals surface area contributed by atoms with Gasteiger partial charge in [-0.2, -0.15) is 0 Å². The minimum Gasteiger partial charge on any atom is -0.371 e. The number of ether oxygens (including phenoxy) is 1. The number of hydrogen-bond donors (Lipinski definition) is 0. The van der Waals surface area contributed by atoms with E-state index in [4.69, 9.17) is 4.74 Å². The minimum absolute atomic E-state index is 0.0539. The Kier molecular flexibility index (Phi) is 5.36. The maximum atomic E-state index is 6.42. The summed E-state index contributed by atoms with van der Waals surface area (Å²) in [5.74, 6) is 0. The van der Waals surface area contributed by atoms with Crippen LogP contribution in [-0.4, -0.2) is 33.7 Å². The molecule has 0 radical (unpaired) electrons. The van der Waals surface area contributed by atoms with E-state index in [2.05, 4.69) is 67.2 Å². The van der Waals surface area contributed by atoms with Gasteiger partial charge in [0.25, 0.3) is 0 Å². The molecule has 0 unspecified atom stereocenters. The Morgan fingerprint density at radius 3 is 1.60 bits per heavy atom. The third-order valence-corrected chi connectivity index (χ3v) is 3.95. The summed E-state index contributed by atoms with van der Waals surface area (Å²) >= 11 is 0. The molecule has 20 heavy (non-hydrogen) atoms. The predicted octanol–water partition coefficient (Wildman–Crippen LogP) is 5.01. The van der Waals surface area contributed by atoms with E-state index in [1.54, 1.807) is 0 Å². The van der Waals surface area contributed by atoms with Gasteiger partial charge in [-0.05, 0) is 75.2 Å². The molecule has 1 fully saturated rings. The van der Waals surface area contributed by atoms with Gasteiger partial charge < -0.3 is 4.74 Å². The first kappa shape index (κ1) is 18.0. The summed E-state index contributed by atoms with van der Waals surface area (Å²) in [4.78, 5) is 2.69. The third-order valence-electron chi connectivity index (χ3n) is 3.95. The summed E-state index contributed by atoms with van der Waals surface area (Å²) in [7, 11) is 0. The van der Waals surface area contributed by atoms with E-state index in [0.717, 1.165) is 0 Å². The Labute approximate surface area is 127 Å². The molecule has 0 aromatic carbocycles. The zero-order chi connectivity index (χ0) is 15.8. The van der Waals surface area contributed by atoms with Crippen molar-refractivity contribution in [2.24, 2.45) is 0 Å². The van der Waals surface area contributed by atoms with Crippen molar-refractivity contribution in [3.8, 4) is 0 Å². The molecule has 0 spiro atoms. The zero-order valence-electron chi connectivity index (χ0n) is 15.3. The van der Waals surface area contributed by atoms with Gasteiger partial charge in [-0.25, -0.2) is 0 Å². The van der Waals surface area contributed by atoms with Crippen molar-refractivity contribution < 1.29 is 4.74 Å². The highest BCUT2D eigenvalue weighted by Gasteiger charge is 2.42. The lowest BCUT2D eigenvalue weighted by molar-refractivity contribution is -0.141. The molecule has 0 aromatic heterocycles. The average Bonchev–Trinajstić information content (AvgIpc) is 2.14. The van der Waals surface area contributed by atoms with E-state index < -0.39 is 0 Å². The highest BCUT2D eigenvalue weighted by molar-refractivity contribution is 4.97. The van der Waals surface area contributed by atoms with Gasteiger partial charge >= 0.3 is 0 Å². The SMILES string of the molecule is CC(C)(C)O[C@@H]1CCCC[C@@H]1N(C(C)(C)C)C(C)(C)C. The number of nitrogens with zero attached hydrogens (tertiary/aromatic N) is 1. The molecule has 2 nitrogen and oxygen atoms in total. The maximum absolute atomic E-state index is 6.42. The highest BCUT2D eigenvalue weighted by atomic mass is 16.5. The molecule has 2 atom stereocenters. The summed E-state index contributed by atoms with van der Waals surface area (Å²) in [6.07, 6.45) is 5.46. The lowest BCUT2D eigenvalue weighted by Gasteiger charge is -2.54. The summed E-state index contributed by atoms with van der Waals surface area (Å²) in [5.41, 5.74) is 0.279. The van der Waals surface area contributed by atoms with Gasteiger partial charge in [0, 0.05) is 17.1 Å². The van der Waals surface area contributed by atoms with Crippen LogP contribution in [-0.2, 0) is 4.74 Å². The molecule has 120 valence electrons. The third kappa shape index (κ3) is 5.04. The largest absolute Gasteiger partial charge is 0.371 e. The molecular weight excluding hydrogens is 246 g/mol. The van der Waals surface area contributed by atoms with E-state index in [9.17, 15) is 0 Å². The van der Waals surface area contributed by atoms with Crippen LogP contribution in [0.1, 0.15) is 88.0 Å². The van der Waals surface area contributed by atoms with Crippen molar-refractivity contribution >= 4 is 0 Å². The molecule has 0 bridgehead atoms. The van der Waals surface area contributed by atoms with Crippen LogP contribution in [0.3, 0.4) is 0 Å². The van der Waals surface area contributed by atoms with E-state index in [1.165, 1.54) is 25.7 Å². The molecule has 0 amide bonds. The summed E-state index contributed by atoms with van der Waals surface area (Å²) < 4.78 is 6.42. The molecule has 2 heteroatoms. The van der Waals surface area contributed by atoms with Crippen LogP contribution in [0.2, 0.25) is 0 Å². The van der Waals surface area contributed by atoms with Crippen LogP contribution < -0.4 is 0 Å². The average molecular weight is 284 g/mol. The van der Waals surface area contributed by atoms with Crippen LogP contribution >= 0.6 is 0 Å². The summed E-state index contributed by atoms with van der Waals surface area (Å²) in [6.45, 7) is 20.5. The first-order valence-electron chi connectivity index (χ1n) is 8.30. The Morgan fingerprint density at radius 1 is 0.750 bits per heavy atom.